The van der Waals surface area contributed by atoms with Gasteiger partial charge in [-0.1, -0.05) is 43.2 Å². The predicted molar refractivity (Wildman–Crippen MR) is 117 cm³/mol. The molecule has 2 heterocycles. The molecular formula is C23H22N4OS. The number of thiazole rings is 1. The standard InChI is InChI=1S/C23H22N4OS/c28-23(21(16-8-4-5-9-16)15-6-2-1-3-7-15)25-17-10-11-18-19(12-17)27-22(26-18)20-13-29-14-24-20/h1-3,6-7,10-14,16,21H,4-5,8-9H2,(H,25,28)(H,26,27). The van der Waals surface area contributed by atoms with Crippen molar-refractivity contribution in [3.8, 4) is 11.5 Å². The number of nitrogens with one attached hydrogen (secondary N) is 2. The Morgan fingerprint density at radius 3 is 2.72 bits per heavy atom. The van der Waals surface area contributed by atoms with E-state index in [4.69, 9.17) is 0 Å². The smallest absolute Gasteiger partial charge is 0.232 e. The van der Waals surface area contributed by atoms with Gasteiger partial charge in [0.1, 0.15) is 5.69 Å². The molecule has 146 valence electrons. The zero-order chi connectivity index (χ0) is 19.6. The number of carbonyl (C=O) groups is 1. The highest BCUT2D eigenvalue weighted by molar-refractivity contribution is 7.07. The molecule has 0 saturated heterocycles. The van der Waals surface area contributed by atoms with E-state index in [0.717, 1.165) is 46.6 Å². The molecule has 0 spiro atoms. The maximum Gasteiger partial charge on any atom is 0.232 e. The molecule has 5 nitrogen and oxygen atoms in total. The van der Waals surface area contributed by atoms with Gasteiger partial charge >= 0.3 is 0 Å². The Kier molecular flexibility index (Phi) is 4.86. The van der Waals surface area contributed by atoms with Crippen LogP contribution in [0.3, 0.4) is 0 Å². The lowest BCUT2D eigenvalue weighted by molar-refractivity contribution is -0.118. The molecule has 1 aliphatic rings. The van der Waals surface area contributed by atoms with Gasteiger partial charge in [-0.2, -0.15) is 0 Å². The van der Waals surface area contributed by atoms with Crippen LogP contribution in [0.5, 0.6) is 0 Å². The van der Waals surface area contributed by atoms with Crippen LogP contribution in [-0.4, -0.2) is 20.9 Å². The Hall–Kier alpha value is -2.99. The minimum Gasteiger partial charge on any atom is -0.337 e. The summed E-state index contributed by atoms with van der Waals surface area (Å²) < 4.78 is 0. The van der Waals surface area contributed by atoms with Crippen molar-refractivity contribution in [2.45, 2.75) is 31.6 Å². The van der Waals surface area contributed by atoms with Gasteiger partial charge in [-0.15, -0.1) is 11.3 Å². The van der Waals surface area contributed by atoms with Crippen LogP contribution in [0, 0.1) is 5.92 Å². The molecule has 1 fully saturated rings. The number of carbonyl (C=O) groups excluding carboxylic acids is 1. The predicted octanol–water partition coefficient (Wildman–Crippen LogP) is 5.60. The van der Waals surface area contributed by atoms with Crippen LogP contribution < -0.4 is 5.32 Å². The monoisotopic (exact) mass is 402 g/mol. The summed E-state index contributed by atoms with van der Waals surface area (Å²) in [6, 6.07) is 16.0. The molecule has 29 heavy (non-hydrogen) atoms. The van der Waals surface area contributed by atoms with Crippen molar-refractivity contribution in [1.82, 2.24) is 15.0 Å². The lowest BCUT2D eigenvalue weighted by atomic mass is 9.84. The van der Waals surface area contributed by atoms with E-state index in [0.29, 0.717) is 5.92 Å². The number of aromatic amines is 1. The summed E-state index contributed by atoms with van der Waals surface area (Å²) in [5.41, 5.74) is 6.27. The molecule has 1 saturated carbocycles. The highest BCUT2D eigenvalue weighted by Crippen LogP contribution is 2.38. The number of imidazole rings is 1. The Morgan fingerprint density at radius 2 is 1.97 bits per heavy atom. The first kappa shape index (κ1) is 18.1. The van der Waals surface area contributed by atoms with E-state index in [9.17, 15) is 4.79 Å². The number of hydrogen-bond donors (Lipinski definition) is 2. The Labute approximate surface area is 173 Å². The van der Waals surface area contributed by atoms with Gasteiger partial charge in [0.25, 0.3) is 0 Å². The second-order valence-electron chi connectivity index (χ2n) is 7.61. The largest absolute Gasteiger partial charge is 0.337 e. The van der Waals surface area contributed by atoms with Crippen LogP contribution >= 0.6 is 11.3 Å². The van der Waals surface area contributed by atoms with Crippen molar-refractivity contribution < 1.29 is 4.79 Å². The number of anilines is 1. The van der Waals surface area contributed by atoms with Gasteiger partial charge in [0.05, 0.1) is 22.5 Å². The molecule has 0 bridgehead atoms. The zero-order valence-electron chi connectivity index (χ0n) is 16.0. The van der Waals surface area contributed by atoms with Gasteiger partial charge in [-0.05, 0) is 42.5 Å². The first-order chi connectivity index (χ1) is 14.3. The number of amides is 1. The van der Waals surface area contributed by atoms with Gasteiger partial charge in [-0.3, -0.25) is 4.79 Å². The first-order valence-electron chi connectivity index (χ1n) is 10.0. The Morgan fingerprint density at radius 1 is 1.14 bits per heavy atom. The molecule has 1 unspecified atom stereocenters. The second-order valence-corrected chi connectivity index (χ2v) is 8.33. The summed E-state index contributed by atoms with van der Waals surface area (Å²) in [7, 11) is 0. The summed E-state index contributed by atoms with van der Waals surface area (Å²) >= 11 is 1.54. The van der Waals surface area contributed by atoms with Gasteiger partial charge in [0.15, 0.2) is 5.82 Å². The van der Waals surface area contributed by atoms with Crippen LogP contribution in [0.4, 0.5) is 5.69 Å². The Bertz CT molecular complexity index is 1110. The molecule has 4 aromatic rings. The first-order valence-corrected chi connectivity index (χ1v) is 11.0. The SMILES string of the molecule is O=C(Nc1ccc2nc(-c3cscn3)[nH]c2c1)C(c1ccccc1)C1CCCC1. The third kappa shape index (κ3) is 3.68. The summed E-state index contributed by atoms with van der Waals surface area (Å²) in [6.45, 7) is 0. The van der Waals surface area contributed by atoms with Gasteiger partial charge < -0.3 is 10.3 Å². The molecule has 0 aliphatic heterocycles. The average molecular weight is 403 g/mol. The molecule has 2 N–H and O–H groups in total. The van der Waals surface area contributed by atoms with E-state index in [1.54, 1.807) is 16.8 Å². The molecule has 0 radical (unpaired) electrons. The molecule has 1 atom stereocenters. The number of hydrogen-bond acceptors (Lipinski definition) is 4. The number of aromatic nitrogens is 3. The minimum atomic E-state index is -0.110. The van der Waals surface area contributed by atoms with Crippen molar-refractivity contribution >= 4 is 34.0 Å². The van der Waals surface area contributed by atoms with Crippen molar-refractivity contribution in [3.63, 3.8) is 0 Å². The van der Waals surface area contributed by atoms with Crippen LogP contribution in [0.15, 0.2) is 59.4 Å². The average Bonchev–Trinajstić information content (AvgIpc) is 3.50. The molecule has 6 heteroatoms. The molecule has 2 aromatic carbocycles. The van der Waals surface area contributed by atoms with Crippen LogP contribution in [0.25, 0.3) is 22.6 Å². The Balaban J connectivity index is 1.41. The van der Waals surface area contributed by atoms with Crippen LogP contribution in [0.1, 0.15) is 37.2 Å². The van der Waals surface area contributed by atoms with Crippen molar-refractivity contribution in [3.05, 3.63) is 65.0 Å². The van der Waals surface area contributed by atoms with Gasteiger partial charge in [-0.25, -0.2) is 9.97 Å². The molecule has 1 amide bonds. The quantitative estimate of drug-likeness (QED) is 0.456. The molecule has 1 aliphatic carbocycles. The molecule has 5 rings (SSSR count). The number of H-pyrrole nitrogens is 1. The fourth-order valence-electron chi connectivity index (χ4n) is 4.35. The third-order valence-electron chi connectivity index (χ3n) is 5.74. The van der Waals surface area contributed by atoms with Crippen molar-refractivity contribution in [2.75, 3.05) is 5.32 Å². The molecular weight excluding hydrogens is 380 g/mol. The fourth-order valence-corrected chi connectivity index (χ4v) is 4.88. The molecule has 2 aromatic heterocycles. The van der Waals surface area contributed by atoms with E-state index in [-0.39, 0.29) is 11.8 Å². The normalized spacial score (nSPS) is 15.6. The van der Waals surface area contributed by atoms with E-state index < -0.39 is 0 Å². The number of fused-ring (bicyclic) bond motifs is 1. The zero-order valence-corrected chi connectivity index (χ0v) is 16.8. The summed E-state index contributed by atoms with van der Waals surface area (Å²) in [5.74, 6) is 1.12. The highest BCUT2D eigenvalue weighted by Gasteiger charge is 2.32. The topological polar surface area (TPSA) is 70.7 Å². The van der Waals surface area contributed by atoms with Crippen molar-refractivity contribution in [1.29, 1.82) is 0 Å². The second kappa shape index (κ2) is 7.79. The maximum absolute atomic E-state index is 13.3. The fraction of sp³-hybridized carbons (Fsp3) is 0.261. The summed E-state index contributed by atoms with van der Waals surface area (Å²) in [5, 5.41) is 5.12. The van der Waals surface area contributed by atoms with E-state index in [2.05, 4.69) is 32.4 Å². The lowest BCUT2D eigenvalue weighted by Crippen LogP contribution is -2.26. The maximum atomic E-state index is 13.3. The minimum absolute atomic E-state index is 0.0710. The van der Waals surface area contributed by atoms with Crippen LogP contribution in [0.2, 0.25) is 0 Å². The van der Waals surface area contributed by atoms with Gasteiger partial charge in [0, 0.05) is 11.1 Å². The van der Waals surface area contributed by atoms with E-state index in [1.807, 2.05) is 41.8 Å². The highest BCUT2D eigenvalue weighted by atomic mass is 32.1. The lowest BCUT2D eigenvalue weighted by Gasteiger charge is -2.23. The van der Waals surface area contributed by atoms with Crippen LogP contribution in [-0.2, 0) is 4.79 Å². The summed E-state index contributed by atoms with van der Waals surface area (Å²) in [6.07, 6.45) is 4.65. The number of rotatable bonds is 5. The summed E-state index contributed by atoms with van der Waals surface area (Å²) in [4.78, 5) is 25.5. The number of nitrogens with zero attached hydrogens (tertiary/aromatic N) is 2. The van der Waals surface area contributed by atoms with Crippen molar-refractivity contribution in [2.24, 2.45) is 5.92 Å². The number of benzene rings is 2. The third-order valence-corrected chi connectivity index (χ3v) is 6.32. The van der Waals surface area contributed by atoms with E-state index in [1.165, 1.54) is 12.8 Å². The van der Waals surface area contributed by atoms with Gasteiger partial charge in [0.2, 0.25) is 5.91 Å². The van der Waals surface area contributed by atoms with E-state index >= 15 is 0 Å².